The Bertz CT molecular complexity index is 1310. The number of fused-ring (bicyclic) bond motifs is 1. The van der Waals surface area contributed by atoms with E-state index >= 15 is 0 Å². The third-order valence-corrected chi connectivity index (χ3v) is 6.02. The zero-order valence-electron chi connectivity index (χ0n) is 17.9. The standard InChI is InChI=1S/C20H24N4O6S/c1-22-15-8-6-13(10-16(15)23(2)20(22)26)21-19(25)12-24(31(5,27)28)17-11-14(29-3)7-9-18(17)30-4/h6-11H,12H2,1-5H3,(H,21,25). The molecule has 0 saturated heterocycles. The number of carbonyl (C=O) groups excluding carboxylic acids is 1. The Morgan fingerprint density at radius 1 is 1.03 bits per heavy atom. The average molecular weight is 449 g/mol. The van der Waals surface area contributed by atoms with Crippen LogP contribution in [0.2, 0.25) is 0 Å². The number of hydrogen-bond donors (Lipinski definition) is 1. The van der Waals surface area contributed by atoms with Gasteiger partial charge in [0.25, 0.3) is 0 Å². The molecule has 0 saturated carbocycles. The van der Waals surface area contributed by atoms with Crippen molar-refractivity contribution in [1.82, 2.24) is 9.13 Å². The molecule has 3 rings (SSSR count). The summed E-state index contributed by atoms with van der Waals surface area (Å²) in [6, 6.07) is 9.70. The van der Waals surface area contributed by atoms with E-state index in [4.69, 9.17) is 9.47 Å². The summed E-state index contributed by atoms with van der Waals surface area (Å²) in [6.45, 7) is -0.478. The number of imidazole rings is 1. The molecule has 0 atom stereocenters. The van der Waals surface area contributed by atoms with Crippen molar-refractivity contribution < 1.29 is 22.7 Å². The van der Waals surface area contributed by atoms with E-state index in [1.807, 2.05) is 0 Å². The molecule has 31 heavy (non-hydrogen) atoms. The number of nitrogens with zero attached hydrogens (tertiary/aromatic N) is 3. The third-order valence-electron chi connectivity index (χ3n) is 4.90. The van der Waals surface area contributed by atoms with Crippen LogP contribution in [0.3, 0.4) is 0 Å². The van der Waals surface area contributed by atoms with E-state index < -0.39 is 22.5 Å². The van der Waals surface area contributed by atoms with Gasteiger partial charge in [-0.25, -0.2) is 13.2 Å². The van der Waals surface area contributed by atoms with Crippen molar-refractivity contribution in [3.63, 3.8) is 0 Å². The lowest BCUT2D eigenvalue weighted by molar-refractivity contribution is -0.114. The van der Waals surface area contributed by atoms with Crippen molar-refractivity contribution >= 4 is 38.3 Å². The number of hydrogen-bond acceptors (Lipinski definition) is 6. The summed E-state index contributed by atoms with van der Waals surface area (Å²) < 4.78 is 39.3. The number of carbonyl (C=O) groups is 1. The van der Waals surface area contributed by atoms with Gasteiger partial charge in [0.2, 0.25) is 15.9 Å². The molecule has 1 N–H and O–H groups in total. The van der Waals surface area contributed by atoms with E-state index in [0.29, 0.717) is 22.5 Å². The lowest BCUT2D eigenvalue weighted by Crippen LogP contribution is -2.37. The van der Waals surface area contributed by atoms with E-state index in [0.717, 1.165) is 10.6 Å². The molecule has 0 unspecified atom stereocenters. The van der Waals surface area contributed by atoms with Crippen molar-refractivity contribution in [3.8, 4) is 11.5 Å². The highest BCUT2D eigenvalue weighted by atomic mass is 32.2. The Balaban J connectivity index is 1.92. The normalized spacial score (nSPS) is 11.4. The number of amides is 1. The third kappa shape index (κ3) is 4.36. The molecule has 166 valence electrons. The zero-order valence-corrected chi connectivity index (χ0v) is 18.7. The van der Waals surface area contributed by atoms with E-state index in [9.17, 15) is 18.0 Å². The van der Waals surface area contributed by atoms with E-state index in [1.165, 1.54) is 29.4 Å². The van der Waals surface area contributed by atoms with Gasteiger partial charge >= 0.3 is 5.69 Å². The fraction of sp³-hybridized carbons (Fsp3) is 0.300. The summed E-state index contributed by atoms with van der Waals surface area (Å²) in [4.78, 5) is 24.8. The maximum absolute atomic E-state index is 12.7. The number of methoxy groups -OCH3 is 2. The van der Waals surface area contributed by atoms with Gasteiger partial charge in [0, 0.05) is 25.8 Å². The first-order valence-corrected chi connectivity index (χ1v) is 11.1. The molecule has 2 aromatic carbocycles. The Labute approximate surface area is 179 Å². The van der Waals surface area contributed by atoms with Crippen LogP contribution in [0, 0.1) is 0 Å². The molecule has 10 nitrogen and oxygen atoms in total. The quantitative estimate of drug-likeness (QED) is 0.583. The fourth-order valence-corrected chi connectivity index (χ4v) is 4.14. The predicted molar refractivity (Wildman–Crippen MR) is 119 cm³/mol. The topological polar surface area (TPSA) is 112 Å². The second kappa shape index (κ2) is 8.34. The summed E-state index contributed by atoms with van der Waals surface area (Å²) in [5.74, 6) is 0.135. The van der Waals surface area contributed by atoms with Gasteiger partial charge in [-0.15, -0.1) is 0 Å². The minimum Gasteiger partial charge on any atom is -0.497 e. The van der Waals surface area contributed by atoms with Crippen LogP contribution in [0.5, 0.6) is 11.5 Å². The lowest BCUT2D eigenvalue weighted by Gasteiger charge is -2.24. The maximum atomic E-state index is 12.7. The second-order valence-electron chi connectivity index (χ2n) is 6.96. The van der Waals surface area contributed by atoms with Crippen LogP contribution in [0.25, 0.3) is 11.0 Å². The average Bonchev–Trinajstić information content (AvgIpc) is 2.94. The highest BCUT2D eigenvalue weighted by Gasteiger charge is 2.25. The number of sulfonamides is 1. The molecular formula is C20H24N4O6S. The van der Waals surface area contributed by atoms with Crippen molar-refractivity contribution in [2.75, 3.05) is 36.6 Å². The molecule has 1 amide bonds. The smallest absolute Gasteiger partial charge is 0.328 e. The van der Waals surface area contributed by atoms with Crippen molar-refractivity contribution in [1.29, 1.82) is 0 Å². The van der Waals surface area contributed by atoms with Crippen molar-refractivity contribution in [2.24, 2.45) is 14.1 Å². The largest absolute Gasteiger partial charge is 0.497 e. The van der Waals surface area contributed by atoms with Crippen LogP contribution < -0.4 is 24.8 Å². The molecule has 1 heterocycles. The van der Waals surface area contributed by atoms with Crippen LogP contribution in [-0.2, 0) is 28.9 Å². The molecule has 0 bridgehead atoms. The SMILES string of the molecule is COc1ccc(OC)c(N(CC(=O)Nc2ccc3c(c2)n(C)c(=O)n3C)S(C)(=O)=O)c1. The molecule has 0 spiro atoms. The van der Waals surface area contributed by atoms with E-state index in [1.54, 1.807) is 44.4 Å². The van der Waals surface area contributed by atoms with Crippen LogP contribution in [0.4, 0.5) is 11.4 Å². The van der Waals surface area contributed by atoms with Gasteiger partial charge in [-0.05, 0) is 30.3 Å². The molecule has 1 aromatic heterocycles. The summed E-state index contributed by atoms with van der Waals surface area (Å²) in [5.41, 5.74) is 1.78. The number of aromatic nitrogens is 2. The minimum absolute atomic E-state index is 0.181. The molecule has 0 fully saturated rings. The molecule has 11 heteroatoms. The van der Waals surface area contributed by atoms with Crippen LogP contribution in [0.1, 0.15) is 0 Å². The first-order chi connectivity index (χ1) is 14.6. The Morgan fingerprint density at radius 3 is 2.32 bits per heavy atom. The Kier molecular flexibility index (Phi) is 5.98. The van der Waals surface area contributed by atoms with Crippen LogP contribution in [0.15, 0.2) is 41.2 Å². The molecular weight excluding hydrogens is 424 g/mol. The zero-order chi connectivity index (χ0) is 22.9. The number of anilines is 2. The van der Waals surface area contributed by atoms with Gasteiger partial charge < -0.3 is 14.8 Å². The number of aryl methyl sites for hydroxylation is 2. The number of nitrogens with one attached hydrogen (secondary N) is 1. The summed E-state index contributed by atoms with van der Waals surface area (Å²) in [6.07, 6.45) is 1.00. The van der Waals surface area contributed by atoms with Gasteiger partial charge in [0.1, 0.15) is 18.0 Å². The number of rotatable bonds is 7. The second-order valence-corrected chi connectivity index (χ2v) is 8.87. The maximum Gasteiger partial charge on any atom is 0.328 e. The van der Waals surface area contributed by atoms with E-state index in [2.05, 4.69) is 5.32 Å². The molecule has 0 radical (unpaired) electrons. The number of ether oxygens (including phenoxy) is 2. The van der Waals surface area contributed by atoms with Crippen LogP contribution in [-0.4, -0.2) is 50.5 Å². The molecule has 0 aliphatic heterocycles. The van der Waals surface area contributed by atoms with Gasteiger partial charge in [0.05, 0.1) is 37.2 Å². The molecule has 0 aliphatic rings. The monoisotopic (exact) mass is 448 g/mol. The Morgan fingerprint density at radius 2 is 1.71 bits per heavy atom. The highest BCUT2D eigenvalue weighted by molar-refractivity contribution is 7.92. The highest BCUT2D eigenvalue weighted by Crippen LogP contribution is 2.33. The van der Waals surface area contributed by atoms with Gasteiger partial charge in [0.15, 0.2) is 0 Å². The predicted octanol–water partition coefficient (Wildman–Crippen LogP) is 1.30. The first-order valence-electron chi connectivity index (χ1n) is 9.22. The lowest BCUT2D eigenvalue weighted by atomic mass is 10.2. The van der Waals surface area contributed by atoms with E-state index in [-0.39, 0.29) is 17.1 Å². The first kappa shape index (κ1) is 22.2. The fourth-order valence-electron chi connectivity index (χ4n) is 3.29. The summed E-state index contributed by atoms with van der Waals surface area (Å²) in [5, 5.41) is 2.69. The van der Waals surface area contributed by atoms with Gasteiger partial charge in [-0.3, -0.25) is 18.2 Å². The van der Waals surface area contributed by atoms with Gasteiger partial charge in [-0.2, -0.15) is 0 Å². The number of benzene rings is 2. The van der Waals surface area contributed by atoms with Crippen LogP contribution >= 0.6 is 0 Å². The summed E-state index contributed by atoms with van der Waals surface area (Å²) >= 11 is 0. The molecule has 0 aliphatic carbocycles. The molecule has 3 aromatic rings. The van der Waals surface area contributed by atoms with Gasteiger partial charge in [-0.1, -0.05) is 0 Å². The van der Waals surface area contributed by atoms with Crippen molar-refractivity contribution in [3.05, 3.63) is 46.9 Å². The Hall–Kier alpha value is -3.47. The summed E-state index contributed by atoms with van der Waals surface area (Å²) in [7, 11) is 2.34. The minimum atomic E-state index is -3.82. The van der Waals surface area contributed by atoms with Crippen molar-refractivity contribution in [2.45, 2.75) is 0 Å².